The summed E-state index contributed by atoms with van der Waals surface area (Å²) >= 11 is 0. The van der Waals surface area contributed by atoms with Gasteiger partial charge in [-0.05, 0) is 56.7 Å². The molecular formula is C25H35ClN6O2. The number of anilines is 3. The summed E-state index contributed by atoms with van der Waals surface area (Å²) in [6.07, 6.45) is 5.30. The molecular weight excluding hydrogens is 452 g/mol. The maximum atomic E-state index is 13.4. The van der Waals surface area contributed by atoms with Gasteiger partial charge in [0.2, 0.25) is 0 Å². The Morgan fingerprint density at radius 2 is 1.97 bits per heavy atom. The molecule has 9 heteroatoms. The molecule has 2 aliphatic heterocycles. The summed E-state index contributed by atoms with van der Waals surface area (Å²) in [5, 5.41) is 5.95. The maximum Gasteiger partial charge on any atom is 0.327 e. The Bertz CT molecular complexity index is 983. The van der Waals surface area contributed by atoms with Gasteiger partial charge >= 0.3 is 6.03 Å². The Morgan fingerprint density at radius 3 is 2.76 bits per heavy atom. The summed E-state index contributed by atoms with van der Waals surface area (Å²) < 4.78 is 0. The van der Waals surface area contributed by atoms with Crippen molar-refractivity contribution in [2.45, 2.75) is 39.2 Å². The van der Waals surface area contributed by atoms with Gasteiger partial charge in [-0.2, -0.15) is 0 Å². The number of hydrogen-bond donors (Lipinski definition) is 2. The Labute approximate surface area is 208 Å². The van der Waals surface area contributed by atoms with E-state index in [-0.39, 0.29) is 24.3 Å². The van der Waals surface area contributed by atoms with Gasteiger partial charge in [-0.3, -0.25) is 9.69 Å². The van der Waals surface area contributed by atoms with E-state index in [1.54, 1.807) is 36.5 Å². The molecule has 1 unspecified atom stereocenters. The minimum Gasteiger partial charge on any atom is -0.336 e. The number of rotatable bonds is 7. The van der Waals surface area contributed by atoms with Crippen molar-refractivity contribution in [1.29, 1.82) is 0 Å². The molecule has 2 aliphatic rings. The number of hydrogen-bond acceptors (Lipinski definition) is 5. The third-order valence-electron chi connectivity index (χ3n) is 6.63. The van der Waals surface area contributed by atoms with Crippen LogP contribution < -0.4 is 15.5 Å². The zero-order valence-electron chi connectivity index (χ0n) is 20.0. The standard InChI is InChI=1S/C25H34N6O2.ClH/c1-3-29(4-2)18-19-10-7-8-16-30(19)17-15-27-25(33)31-22-13-6-5-11-20(22)24(32)28-21-12-9-14-26-23(21)31;/h5-6,9,11-14,19H,3-4,7-8,10,15-18H2,1-2H3,(H,27,33)(H,28,32);1H. The summed E-state index contributed by atoms with van der Waals surface area (Å²) in [6, 6.07) is 10.9. The highest BCUT2D eigenvalue weighted by Crippen LogP contribution is 2.35. The average molecular weight is 487 g/mol. The normalized spacial score (nSPS) is 17.8. The second-order valence-corrected chi connectivity index (χ2v) is 8.58. The molecule has 1 aromatic heterocycles. The number of pyridine rings is 1. The number of para-hydroxylation sites is 1. The third kappa shape index (κ3) is 5.68. The fourth-order valence-electron chi connectivity index (χ4n) is 4.77. The van der Waals surface area contributed by atoms with Crippen molar-refractivity contribution >= 4 is 41.5 Å². The minimum atomic E-state index is -0.281. The molecule has 0 aliphatic carbocycles. The fourth-order valence-corrected chi connectivity index (χ4v) is 4.77. The number of benzene rings is 1. The number of carbonyl (C=O) groups excluding carboxylic acids is 2. The van der Waals surface area contributed by atoms with Gasteiger partial charge in [-0.25, -0.2) is 14.7 Å². The van der Waals surface area contributed by atoms with Crippen molar-refractivity contribution in [3.63, 3.8) is 0 Å². The van der Waals surface area contributed by atoms with E-state index in [4.69, 9.17) is 0 Å². The van der Waals surface area contributed by atoms with Gasteiger partial charge in [0.1, 0.15) is 0 Å². The van der Waals surface area contributed by atoms with Crippen LogP contribution in [0.15, 0.2) is 42.6 Å². The second-order valence-electron chi connectivity index (χ2n) is 8.58. The Balaban J connectivity index is 0.00000324. The van der Waals surface area contributed by atoms with Crippen LogP contribution in [0.1, 0.15) is 43.5 Å². The summed E-state index contributed by atoms with van der Waals surface area (Å²) in [6.45, 7) is 10.0. The molecule has 0 radical (unpaired) electrons. The molecule has 1 aromatic carbocycles. The Kier molecular flexibility index (Phi) is 9.27. The van der Waals surface area contributed by atoms with Crippen molar-refractivity contribution < 1.29 is 9.59 Å². The first kappa shape index (κ1) is 25.9. The molecule has 8 nitrogen and oxygen atoms in total. The quantitative estimate of drug-likeness (QED) is 0.615. The summed E-state index contributed by atoms with van der Waals surface area (Å²) in [4.78, 5) is 37.0. The topological polar surface area (TPSA) is 80.8 Å². The molecule has 3 heterocycles. The van der Waals surface area contributed by atoms with E-state index in [0.717, 1.165) is 32.7 Å². The van der Waals surface area contributed by atoms with E-state index < -0.39 is 0 Å². The second kappa shape index (κ2) is 12.1. The monoisotopic (exact) mass is 486 g/mol. The summed E-state index contributed by atoms with van der Waals surface area (Å²) in [5.41, 5.74) is 1.49. The largest absolute Gasteiger partial charge is 0.336 e. The lowest BCUT2D eigenvalue weighted by molar-refractivity contribution is 0.102. The highest BCUT2D eigenvalue weighted by atomic mass is 35.5. The molecule has 0 bridgehead atoms. The van der Waals surface area contributed by atoms with E-state index in [0.29, 0.717) is 35.3 Å². The van der Waals surface area contributed by atoms with Crippen LogP contribution in [-0.4, -0.2) is 72.0 Å². The van der Waals surface area contributed by atoms with Gasteiger partial charge in [0.25, 0.3) is 5.91 Å². The van der Waals surface area contributed by atoms with Gasteiger partial charge in [0, 0.05) is 31.9 Å². The number of carbonyl (C=O) groups is 2. The van der Waals surface area contributed by atoms with Crippen LogP contribution in [-0.2, 0) is 0 Å². The highest BCUT2D eigenvalue weighted by Gasteiger charge is 2.30. The van der Waals surface area contributed by atoms with Gasteiger partial charge < -0.3 is 15.5 Å². The molecule has 0 saturated carbocycles. The zero-order chi connectivity index (χ0) is 23.2. The molecule has 1 fully saturated rings. The minimum absolute atomic E-state index is 0. The van der Waals surface area contributed by atoms with Crippen molar-refractivity contribution in [2.24, 2.45) is 0 Å². The number of urea groups is 1. The van der Waals surface area contributed by atoms with E-state index >= 15 is 0 Å². The van der Waals surface area contributed by atoms with E-state index in [9.17, 15) is 9.59 Å². The molecule has 34 heavy (non-hydrogen) atoms. The van der Waals surface area contributed by atoms with Crippen LogP contribution in [0.5, 0.6) is 0 Å². The summed E-state index contributed by atoms with van der Waals surface area (Å²) in [5.74, 6) is 0.174. The number of amides is 3. The number of nitrogens with zero attached hydrogens (tertiary/aromatic N) is 4. The lowest BCUT2D eigenvalue weighted by Gasteiger charge is -2.38. The number of fused-ring (bicyclic) bond motifs is 2. The first-order chi connectivity index (χ1) is 16.1. The zero-order valence-corrected chi connectivity index (χ0v) is 20.8. The van der Waals surface area contributed by atoms with Gasteiger partial charge in [-0.1, -0.05) is 32.4 Å². The molecule has 184 valence electrons. The number of aromatic nitrogens is 1. The van der Waals surface area contributed by atoms with Crippen molar-refractivity contribution in [3.8, 4) is 0 Å². The van der Waals surface area contributed by atoms with E-state index in [1.807, 2.05) is 6.07 Å². The SMILES string of the molecule is CCN(CC)CC1CCCCN1CCNC(=O)N1c2ccccc2C(=O)Nc2cccnc21.Cl. The van der Waals surface area contributed by atoms with Crippen LogP contribution in [0, 0.1) is 0 Å². The van der Waals surface area contributed by atoms with Crippen LogP contribution in [0.2, 0.25) is 0 Å². The first-order valence-corrected chi connectivity index (χ1v) is 12.0. The van der Waals surface area contributed by atoms with Crippen LogP contribution in [0.3, 0.4) is 0 Å². The number of halogens is 1. The predicted octanol–water partition coefficient (Wildman–Crippen LogP) is 4.11. The first-order valence-electron chi connectivity index (χ1n) is 12.0. The number of nitrogens with one attached hydrogen (secondary N) is 2. The van der Waals surface area contributed by atoms with E-state index in [1.165, 1.54) is 24.2 Å². The number of likely N-dealkylation sites (N-methyl/N-ethyl adjacent to an activating group) is 1. The highest BCUT2D eigenvalue weighted by molar-refractivity contribution is 6.16. The molecule has 2 N–H and O–H groups in total. The predicted molar refractivity (Wildman–Crippen MR) is 138 cm³/mol. The summed E-state index contributed by atoms with van der Waals surface area (Å²) in [7, 11) is 0. The smallest absolute Gasteiger partial charge is 0.327 e. The van der Waals surface area contributed by atoms with Gasteiger partial charge in [-0.15, -0.1) is 12.4 Å². The Morgan fingerprint density at radius 1 is 1.18 bits per heavy atom. The average Bonchev–Trinajstić information content (AvgIpc) is 2.97. The molecule has 1 saturated heterocycles. The van der Waals surface area contributed by atoms with Crippen molar-refractivity contribution in [1.82, 2.24) is 20.1 Å². The van der Waals surface area contributed by atoms with Crippen molar-refractivity contribution in [3.05, 3.63) is 48.2 Å². The lowest BCUT2D eigenvalue weighted by atomic mass is 10.0. The third-order valence-corrected chi connectivity index (χ3v) is 6.63. The molecule has 2 aromatic rings. The lowest BCUT2D eigenvalue weighted by Crippen LogP contribution is -2.50. The molecule has 4 rings (SSSR count). The van der Waals surface area contributed by atoms with Crippen molar-refractivity contribution in [2.75, 3.05) is 49.5 Å². The molecule has 1 atom stereocenters. The van der Waals surface area contributed by atoms with Crippen LogP contribution in [0.25, 0.3) is 0 Å². The van der Waals surface area contributed by atoms with Gasteiger partial charge in [0.05, 0.1) is 16.9 Å². The van der Waals surface area contributed by atoms with Crippen LogP contribution in [0.4, 0.5) is 22.0 Å². The number of piperidine rings is 1. The molecule has 0 spiro atoms. The Hall–Kier alpha value is -2.68. The number of likely N-dealkylation sites (tertiary alicyclic amines) is 1. The molecule has 3 amide bonds. The van der Waals surface area contributed by atoms with E-state index in [2.05, 4.69) is 39.3 Å². The van der Waals surface area contributed by atoms with Crippen LogP contribution >= 0.6 is 12.4 Å². The fraction of sp³-hybridized carbons (Fsp3) is 0.480. The maximum absolute atomic E-state index is 13.4. The van der Waals surface area contributed by atoms with Gasteiger partial charge in [0.15, 0.2) is 5.82 Å².